The van der Waals surface area contributed by atoms with Gasteiger partial charge in [0.05, 0.1) is 0 Å². The second-order valence-electron chi connectivity index (χ2n) is 6.01. The summed E-state index contributed by atoms with van der Waals surface area (Å²) in [5, 5.41) is 9.34. The van der Waals surface area contributed by atoms with Crippen LogP contribution in [0.1, 0.15) is 16.1 Å². The van der Waals surface area contributed by atoms with E-state index < -0.39 is 24.1 Å². The Hall–Kier alpha value is -3.60. The molecule has 30 heavy (non-hydrogen) atoms. The molecule has 0 unspecified atom stereocenters. The van der Waals surface area contributed by atoms with Crippen molar-refractivity contribution in [3.63, 3.8) is 0 Å². The van der Waals surface area contributed by atoms with Gasteiger partial charge in [0.2, 0.25) is 0 Å². The molecule has 3 aromatic rings. The van der Waals surface area contributed by atoms with Crippen LogP contribution in [-0.4, -0.2) is 23.3 Å². The number of rotatable bonds is 5. The molecular formula is C19H15F3N4O3S. The highest BCUT2D eigenvalue weighted by Crippen LogP contribution is 2.24. The molecule has 3 N–H and O–H groups in total. The molecule has 0 atom stereocenters. The van der Waals surface area contributed by atoms with Crippen LogP contribution in [0.5, 0.6) is 5.75 Å². The van der Waals surface area contributed by atoms with Crippen molar-refractivity contribution >= 4 is 39.8 Å². The molecule has 7 nitrogen and oxygen atoms in total. The summed E-state index contributed by atoms with van der Waals surface area (Å²) in [7, 11) is 0. The van der Waals surface area contributed by atoms with Crippen LogP contribution in [0, 0.1) is 6.92 Å². The van der Waals surface area contributed by atoms with Crippen LogP contribution < -0.4 is 20.7 Å². The molecule has 0 aliphatic rings. The van der Waals surface area contributed by atoms with E-state index in [9.17, 15) is 22.8 Å². The number of benzene rings is 2. The number of thiazole rings is 1. The number of aryl methyl sites for hydroxylation is 1. The average Bonchev–Trinajstić information content (AvgIpc) is 3.10. The first-order chi connectivity index (χ1) is 14.2. The molecule has 2 aromatic carbocycles. The van der Waals surface area contributed by atoms with Crippen LogP contribution in [0.2, 0.25) is 0 Å². The molecule has 3 rings (SSSR count). The van der Waals surface area contributed by atoms with Crippen molar-refractivity contribution in [2.75, 3.05) is 16.0 Å². The zero-order chi connectivity index (χ0) is 21.7. The molecule has 11 heteroatoms. The van der Waals surface area contributed by atoms with Gasteiger partial charge in [0.1, 0.15) is 11.4 Å². The fraction of sp³-hybridized carbons (Fsp3) is 0.105. The lowest BCUT2D eigenvalue weighted by Crippen LogP contribution is -2.19. The van der Waals surface area contributed by atoms with Gasteiger partial charge < -0.3 is 15.4 Å². The maximum absolute atomic E-state index is 12.2. The summed E-state index contributed by atoms with van der Waals surface area (Å²) in [6, 6.07) is 11.4. The molecular weight excluding hydrogens is 421 g/mol. The Balaban J connectivity index is 1.56. The molecule has 3 amide bonds. The van der Waals surface area contributed by atoms with E-state index in [1.54, 1.807) is 18.2 Å². The van der Waals surface area contributed by atoms with Gasteiger partial charge in [-0.05, 0) is 48.9 Å². The molecule has 1 heterocycles. The predicted octanol–water partition coefficient (Wildman–Crippen LogP) is 5.25. The number of hydrogen-bond acceptors (Lipinski definition) is 5. The largest absolute Gasteiger partial charge is 0.573 e. The van der Waals surface area contributed by atoms with Crippen LogP contribution in [-0.2, 0) is 0 Å². The zero-order valence-electron chi connectivity index (χ0n) is 15.4. The number of anilines is 3. The number of aromatic nitrogens is 1. The Labute approximate surface area is 172 Å². The van der Waals surface area contributed by atoms with Crippen molar-refractivity contribution in [2.45, 2.75) is 13.3 Å². The van der Waals surface area contributed by atoms with Crippen molar-refractivity contribution in [3.05, 3.63) is 65.2 Å². The Morgan fingerprint density at radius 1 is 1.00 bits per heavy atom. The molecule has 0 saturated heterocycles. The van der Waals surface area contributed by atoms with Crippen molar-refractivity contribution in [1.29, 1.82) is 0 Å². The summed E-state index contributed by atoms with van der Waals surface area (Å²) in [4.78, 5) is 28.3. The third kappa shape index (κ3) is 6.21. The lowest BCUT2D eigenvalue weighted by molar-refractivity contribution is -0.274. The lowest BCUT2D eigenvalue weighted by Gasteiger charge is -2.09. The molecule has 0 bridgehead atoms. The summed E-state index contributed by atoms with van der Waals surface area (Å²) in [6.45, 7) is 1.89. The fourth-order valence-corrected chi connectivity index (χ4v) is 3.04. The SMILES string of the molecule is Cc1cccc(NC(=O)Nc2nc(C(=O)Nc3ccc(OC(F)(F)F)cc3)cs2)c1. The number of urea groups is 1. The molecule has 0 spiro atoms. The summed E-state index contributed by atoms with van der Waals surface area (Å²) in [6.07, 6.45) is -4.79. The van der Waals surface area contributed by atoms with Crippen molar-refractivity contribution in [1.82, 2.24) is 4.98 Å². The Kier molecular flexibility index (Phi) is 6.21. The minimum absolute atomic E-state index is 0.0430. The van der Waals surface area contributed by atoms with Gasteiger partial charge in [-0.1, -0.05) is 12.1 Å². The minimum Gasteiger partial charge on any atom is -0.406 e. The van der Waals surface area contributed by atoms with Crippen LogP contribution in [0.4, 0.5) is 34.5 Å². The number of carbonyl (C=O) groups is 2. The van der Waals surface area contributed by atoms with Crippen molar-refractivity contribution < 1.29 is 27.5 Å². The van der Waals surface area contributed by atoms with Crippen molar-refractivity contribution in [3.8, 4) is 5.75 Å². The minimum atomic E-state index is -4.79. The van der Waals surface area contributed by atoms with Gasteiger partial charge >= 0.3 is 12.4 Å². The predicted molar refractivity (Wildman–Crippen MR) is 107 cm³/mol. The number of hydrogen-bond donors (Lipinski definition) is 3. The third-order valence-electron chi connectivity index (χ3n) is 3.58. The van der Waals surface area contributed by atoms with E-state index >= 15 is 0 Å². The first kappa shape index (κ1) is 21.1. The van der Waals surface area contributed by atoms with Crippen LogP contribution >= 0.6 is 11.3 Å². The quantitative estimate of drug-likeness (QED) is 0.510. The van der Waals surface area contributed by atoms with E-state index in [4.69, 9.17) is 0 Å². The standard InChI is InChI=1S/C19H15F3N4O3S/c1-11-3-2-4-13(9-11)24-17(28)26-18-25-15(10-30-18)16(27)23-12-5-7-14(8-6-12)29-19(20,21)22/h2-10H,1H3,(H,23,27)(H2,24,25,26,28). The molecule has 1 aromatic heterocycles. The van der Waals surface area contributed by atoms with E-state index in [0.29, 0.717) is 5.69 Å². The van der Waals surface area contributed by atoms with Gasteiger partial charge in [-0.2, -0.15) is 0 Å². The van der Waals surface area contributed by atoms with Crippen molar-refractivity contribution in [2.24, 2.45) is 0 Å². The molecule has 0 saturated carbocycles. The third-order valence-corrected chi connectivity index (χ3v) is 4.34. The highest BCUT2D eigenvalue weighted by atomic mass is 32.1. The number of ether oxygens (including phenoxy) is 1. The van der Waals surface area contributed by atoms with E-state index in [-0.39, 0.29) is 16.5 Å². The zero-order valence-corrected chi connectivity index (χ0v) is 16.2. The van der Waals surface area contributed by atoms with Crippen LogP contribution in [0.25, 0.3) is 0 Å². The number of amides is 3. The van der Waals surface area contributed by atoms with Crippen LogP contribution in [0.3, 0.4) is 0 Å². The first-order valence-electron chi connectivity index (χ1n) is 8.45. The van der Waals surface area contributed by atoms with Gasteiger partial charge in [0, 0.05) is 16.8 Å². The maximum Gasteiger partial charge on any atom is 0.573 e. The van der Waals surface area contributed by atoms with E-state index in [2.05, 4.69) is 25.7 Å². The Morgan fingerprint density at radius 3 is 2.40 bits per heavy atom. The highest BCUT2D eigenvalue weighted by Gasteiger charge is 2.31. The second kappa shape index (κ2) is 8.82. The normalized spacial score (nSPS) is 10.9. The fourth-order valence-electron chi connectivity index (χ4n) is 2.35. The van der Waals surface area contributed by atoms with Gasteiger partial charge in [0.15, 0.2) is 5.13 Å². The smallest absolute Gasteiger partial charge is 0.406 e. The second-order valence-corrected chi connectivity index (χ2v) is 6.87. The maximum atomic E-state index is 12.2. The Bertz CT molecular complexity index is 1050. The van der Waals surface area contributed by atoms with E-state index in [1.807, 2.05) is 13.0 Å². The monoisotopic (exact) mass is 436 g/mol. The molecule has 0 fully saturated rings. The summed E-state index contributed by atoms with van der Waals surface area (Å²) in [5.74, 6) is -0.983. The summed E-state index contributed by atoms with van der Waals surface area (Å²) < 4.78 is 40.3. The van der Waals surface area contributed by atoms with Gasteiger partial charge in [-0.25, -0.2) is 9.78 Å². The number of halogens is 3. The van der Waals surface area contributed by atoms with Gasteiger partial charge in [0.25, 0.3) is 5.91 Å². The van der Waals surface area contributed by atoms with Gasteiger partial charge in [-0.15, -0.1) is 24.5 Å². The highest BCUT2D eigenvalue weighted by molar-refractivity contribution is 7.14. The number of nitrogens with zero attached hydrogens (tertiary/aromatic N) is 1. The molecule has 0 aliphatic heterocycles. The van der Waals surface area contributed by atoms with E-state index in [1.165, 1.54) is 17.5 Å². The summed E-state index contributed by atoms with van der Waals surface area (Å²) >= 11 is 1.05. The first-order valence-corrected chi connectivity index (χ1v) is 9.33. The molecule has 0 radical (unpaired) electrons. The average molecular weight is 436 g/mol. The number of alkyl halides is 3. The van der Waals surface area contributed by atoms with Gasteiger partial charge in [-0.3, -0.25) is 10.1 Å². The van der Waals surface area contributed by atoms with E-state index in [0.717, 1.165) is 29.0 Å². The topological polar surface area (TPSA) is 92.4 Å². The number of carbonyl (C=O) groups excluding carboxylic acids is 2. The Morgan fingerprint density at radius 2 is 1.73 bits per heavy atom. The van der Waals surface area contributed by atoms with Crippen LogP contribution in [0.15, 0.2) is 53.9 Å². The molecule has 156 valence electrons. The molecule has 0 aliphatic carbocycles. The number of nitrogens with one attached hydrogen (secondary N) is 3. The summed E-state index contributed by atoms with van der Waals surface area (Å²) in [5.41, 5.74) is 1.90. The lowest BCUT2D eigenvalue weighted by atomic mass is 10.2.